The zero-order valence-corrected chi connectivity index (χ0v) is 14.3. The molecule has 3 nitrogen and oxygen atoms in total. The third-order valence-corrected chi connectivity index (χ3v) is 4.77. The lowest BCUT2D eigenvalue weighted by Gasteiger charge is -2.19. The van der Waals surface area contributed by atoms with Crippen molar-refractivity contribution in [2.24, 2.45) is 0 Å². The van der Waals surface area contributed by atoms with Crippen LogP contribution >= 0.6 is 15.9 Å². The lowest BCUT2D eigenvalue weighted by atomic mass is 10.1. The highest BCUT2D eigenvalue weighted by atomic mass is 79.9. The van der Waals surface area contributed by atoms with E-state index >= 15 is 0 Å². The number of aryl methyl sites for hydroxylation is 2. The Bertz CT molecular complexity index is 632. The minimum atomic E-state index is -0.0277. The summed E-state index contributed by atoms with van der Waals surface area (Å²) in [6.07, 6.45) is 0. The van der Waals surface area contributed by atoms with E-state index < -0.39 is 0 Å². The van der Waals surface area contributed by atoms with Gasteiger partial charge in [0.1, 0.15) is 11.5 Å². The van der Waals surface area contributed by atoms with Crippen LogP contribution in [0.15, 0.2) is 34.8 Å². The molecular formula is C17H20BrNO2. The molecule has 0 amide bonds. The molecule has 0 bridgehead atoms. The van der Waals surface area contributed by atoms with Gasteiger partial charge in [-0.1, -0.05) is 15.9 Å². The molecule has 0 aliphatic carbocycles. The first kappa shape index (κ1) is 15.7. The Morgan fingerprint density at radius 2 is 1.76 bits per heavy atom. The molecule has 0 radical (unpaired) electrons. The summed E-state index contributed by atoms with van der Waals surface area (Å²) in [6, 6.07) is 9.41. The van der Waals surface area contributed by atoms with Crippen LogP contribution in [0.1, 0.15) is 29.7 Å². The SMILES string of the molecule is COc1ccc(O)c(C(C)Nc2cc(C)c(Br)c(C)c2)c1. The van der Waals surface area contributed by atoms with Crippen molar-refractivity contribution in [1.29, 1.82) is 0 Å². The summed E-state index contributed by atoms with van der Waals surface area (Å²) in [5, 5.41) is 13.5. The summed E-state index contributed by atoms with van der Waals surface area (Å²) >= 11 is 3.57. The second-order valence-corrected chi connectivity index (χ2v) is 6.01. The highest BCUT2D eigenvalue weighted by molar-refractivity contribution is 9.10. The van der Waals surface area contributed by atoms with Gasteiger partial charge in [0.05, 0.1) is 13.2 Å². The number of methoxy groups -OCH3 is 1. The Labute approximate surface area is 134 Å². The summed E-state index contributed by atoms with van der Waals surface area (Å²) in [5.74, 6) is 1.00. The lowest BCUT2D eigenvalue weighted by molar-refractivity contribution is 0.410. The maximum absolute atomic E-state index is 10.0. The number of phenolic OH excluding ortho intramolecular Hbond substituents is 1. The maximum atomic E-state index is 10.0. The van der Waals surface area contributed by atoms with E-state index in [1.54, 1.807) is 19.2 Å². The molecule has 1 unspecified atom stereocenters. The van der Waals surface area contributed by atoms with Crippen LogP contribution in [0.2, 0.25) is 0 Å². The Morgan fingerprint density at radius 3 is 2.33 bits per heavy atom. The first-order valence-electron chi connectivity index (χ1n) is 6.82. The molecule has 4 heteroatoms. The molecular weight excluding hydrogens is 330 g/mol. The molecule has 112 valence electrons. The van der Waals surface area contributed by atoms with Crippen molar-refractivity contribution >= 4 is 21.6 Å². The van der Waals surface area contributed by atoms with Gasteiger partial charge in [-0.15, -0.1) is 0 Å². The highest BCUT2D eigenvalue weighted by Gasteiger charge is 2.12. The summed E-state index contributed by atoms with van der Waals surface area (Å²) in [6.45, 7) is 6.15. The van der Waals surface area contributed by atoms with Crippen LogP contribution in [0.3, 0.4) is 0 Å². The van der Waals surface area contributed by atoms with Gasteiger partial charge in [0.2, 0.25) is 0 Å². The van der Waals surface area contributed by atoms with Crippen LogP contribution in [-0.2, 0) is 0 Å². The second-order valence-electron chi connectivity index (χ2n) is 5.21. The number of rotatable bonds is 4. The number of nitrogens with one attached hydrogen (secondary N) is 1. The third kappa shape index (κ3) is 3.50. The van der Waals surface area contributed by atoms with Crippen LogP contribution in [0.4, 0.5) is 5.69 Å². The van der Waals surface area contributed by atoms with Crippen molar-refractivity contribution in [2.45, 2.75) is 26.8 Å². The van der Waals surface area contributed by atoms with Crippen LogP contribution in [0, 0.1) is 13.8 Å². The van der Waals surface area contributed by atoms with Gasteiger partial charge in [-0.25, -0.2) is 0 Å². The molecule has 0 fully saturated rings. The van der Waals surface area contributed by atoms with Gasteiger partial charge in [-0.2, -0.15) is 0 Å². The molecule has 0 saturated heterocycles. The van der Waals surface area contributed by atoms with Crippen LogP contribution in [-0.4, -0.2) is 12.2 Å². The fourth-order valence-electron chi connectivity index (χ4n) is 2.36. The van der Waals surface area contributed by atoms with Crippen molar-refractivity contribution in [3.63, 3.8) is 0 Å². The minimum Gasteiger partial charge on any atom is -0.508 e. The molecule has 0 aliphatic rings. The van der Waals surface area contributed by atoms with E-state index in [9.17, 15) is 5.11 Å². The summed E-state index contributed by atoms with van der Waals surface area (Å²) < 4.78 is 6.35. The lowest BCUT2D eigenvalue weighted by Crippen LogP contribution is -2.07. The predicted molar refractivity (Wildman–Crippen MR) is 90.3 cm³/mol. The minimum absolute atomic E-state index is 0.0277. The van der Waals surface area contributed by atoms with Gasteiger partial charge in [0, 0.05) is 15.7 Å². The van der Waals surface area contributed by atoms with Crippen molar-refractivity contribution < 1.29 is 9.84 Å². The van der Waals surface area contributed by atoms with Gasteiger partial charge in [-0.05, 0) is 62.2 Å². The first-order chi connectivity index (χ1) is 9.92. The number of anilines is 1. The molecule has 2 aromatic rings. The van der Waals surface area contributed by atoms with Gasteiger partial charge >= 0.3 is 0 Å². The Morgan fingerprint density at radius 1 is 1.14 bits per heavy atom. The Balaban J connectivity index is 2.27. The summed E-state index contributed by atoms with van der Waals surface area (Å²) in [7, 11) is 1.62. The fraction of sp³-hybridized carbons (Fsp3) is 0.294. The molecule has 0 aromatic heterocycles. The average molecular weight is 350 g/mol. The fourth-order valence-corrected chi connectivity index (χ4v) is 2.59. The quantitative estimate of drug-likeness (QED) is 0.820. The Kier molecular flexibility index (Phi) is 4.78. The standard InChI is InChI=1S/C17H20BrNO2/c1-10-7-13(8-11(2)17(10)18)19-12(3)15-9-14(21-4)5-6-16(15)20/h5-9,12,19-20H,1-4H3. The smallest absolute Gasteiger partial charge is 0.121 e. The second kappa shape index (κ2) is 6.39. The van der Waals surface area contributed by atoms with Gasteiger partial charge in [0.25, 0.3) is 0 Å². The zero-order valence-electron chi connectivity index (χ0n) is 12.7. The van der Waals surface area contributed by atoms with E-state index in [4.69, 9.17) is 4.74 Å². The number of benzene rings is 2. The topological polar surface area (TPSA) is 41.5 Å². The van der Waals surface area contributed by atoms with E-state index in [1.165, 1.54) is 11.1 Å². The number of ether oxygens (including phenoxy) is 1. The van der Waals surface area contributed by atoms with Gasteiger partial charge in [-0.3, -0.25) is 0 Å². The number of phenols is 1. The number of hydrogen-bond acceptors (Lipinski definition) is 3. The normalized spacial score (nSPS) is 12.0. The Hall–Kier alpha value is -1.68. The van der Waals surface area contributed by atoms with Gasteiger partial charge < -0.3 is 15.2 Å². The van der Waals surface area contributed by atoms with Gasteiger partial charge in [0.15, 0.2) is 0 Å². The molecule has 21 heavy (non-hydrogen) atoms. The number of hydrogen-bond donors (Lipinski definition) is 2. The predicted octanol–water partition coefficient (Wildman–Crippen LogP) is 4.95. The first-order valence-corrected chi connectivity index (χ1v) is 7.62. The molecule has 0 saturated carbocycles. The van der Waals surface area contributed by atoms with Crippen molar-refractivity contribution in [3.05, 3.63) is 51.5 Å². The zero-order chi connectivity index (χ0) is 15.6. The van der Waals surface area contributed by atoms with Crippen molar-refractivity contribution in [1.82, 2.24) is 0 Å². The molecule has 2 aromatic carbocycles. The van der Waals surface area contributed by atoms with Crippen molar-refractivity contribution in [3.8, 4) is 11.5 Å². The van der Waals surface area contributed by atoms with E-state index in [-0.39, 0.29) is 11.8 Å². The molecule has 0 spiro atoms. The van der Waals surface area contributed by atoms with E-state index in [0.29, 0.717) is 0 Å². The van der Waals surface area contributed by atoms with Crippen LogP contribution < -0.4 is 10.1 Å². The molecule has 0 heterocycles. The summed E-state index contributed by atoms with van der Waals surface area (Å²) in [5.41, 5.74) is 4.20. The van der Waals surface area contributed by atoms with E-state index in [2.05, 4.69) is 47.2 Å². The molecule has 1 atom stereocenters. The van der Waals surface area contributed by atoms with Crippen molar-refractivity contribution in [2.75, 3.05) is 12.4 Å². The third-order valence-electron chi connectivity index (χ3n) is 3.52. The van der Waals surface area contributed by atoms with E-state index in [0.717, 1.165) is 21.5 Å². The van der Waals surface area contributed by atoms with Crippen LogP contribution in [0.25, 0.3) is 0 Å². The number of halogens is 1. The highest BCUT2D eigenvalue weighted by Crippen LogP contribution is 2.32. The van der Waals surface area contributed by atoms with E-state index in [1.807, 2.05) is 13.0 Å². The average Bonchev–Trinajstić information content (AvgIpc) is 2.45. The molecule has 0 aliphatic heterocycles. The number of aromatic hydroxyl groups is 1. The van der Waals surface area contributed by atoms with Crippen LogP contribution in [0.5, 0.6) is 11.5 Å². The monoisotopic (exact) mass is 349 g/mol. The maximum Gasteiger partial charge on any atom is 0.121 e. The molecule has 2 rings (SSSR count). The summed E-state index contributed by atoms with van der Waals surface area (Å²) in [4.78, 5) is 0. The largest absolute Gasteiger partial charge is 0.508 e. The molecule has 2 N–H and O–H groups in total.